The summed E-state index contributed by atoms with van der Waals surface area (Å²) in [5.41, 5.74) is 0.580. The van der Waals surface area contributed by atoms with E-state index in [1.165, 1.54) is 6.07 Å². The summed E-state index contributed by atoms with van der Waals surface area (Å²) in [6, 6.07) is 10.6. The molecule has 5 heteroatoms. The standard InChI is InChI=1S/C12H7NO4/c14-12(15)8-6-11(17-13-8)10-5-7-3-1-2-4-9(7)16-10/h1-6H,(H,14,15). The summed E-state index contributed by atoms with van der Waals surface area (Å²) in [6.07, 6.45) is 0. The molecule has 3 aromatic rings. The number of hydrogen-bond acceptors (Lipinski definition) is 4. The number of hydrogen-bond donors (Lipinski definition) is 1. The average molecular weight is 229 g/mol. The molecule has 2 heterocycles. The number of para-hydroxylation sites is 1. The smallest absolute Gasteiger partial charge is 0.358 e. The second-order valence-corrected chi connectivity index (χ2v) is 3.53. The number of carboxylic acid groups (broad SMARTS) is 1. The van der Waals surface area contributed by atoms with Crippen LogP contribution in [0.25, 0.3) is 22.5 Å². The van der Waals surface area contributed by atoms with Crippen LogP contribution in [-0.4, -0.2) is 16.2 Å². The lowest BCUT2D eigenvalue weighted by Crippen LogP contribution is -1.94. The first-order valence-corrected chi connectivity index (χ1v) is 4.93. The van der Waals surface area contributed by atoms with Crippen molar-refractivity contribution in [2.24, 2.45) is 0 Å². The molecule has 0 spiro atoms. The van der Waals surface area contributed by atoms with Crippen molar-refractivity contribution >= 4 is 16.9 Å². The number of benzene rings is 1. The minimum absolute atomic E-state index is 0.138. The van der Waals surface area contributed by atoms with Crippen LogP contribution in [0.1, 0.15) is 10.5 Å². The number of rotatable bonds is 2. The van der Waals surface area contributed by atoms with Gasteiger partial charge in [-0.2, -0.15) is 0 Å². The fraction of sp³-hybridized carbons (Fsp3) is 0. The van der Waals surface area contributed by atoms with E-state index in [9.17, 15) is 4.79 Å². The maximum Gasteiger partial charge on any atom is 0.358 e. The zero-order chi connectivity index (χ0) is 11.8. The predicted octanol–water partition coefficient (Wildman–Crippen LogP) is 2.79. The van der Waals surface area contributed by atoms with E-state index in [0.717, 1.165) is 11.0 Å². The summed E-state index contributed by atoms with van der Waals surface area (Å²) in [4.78, 5) is 10.7. The number of aromatic nitrogens is 1. The molecule has 1 N–H and O–H groups in total. The molecule has 0 saturated carbocycles. The fourth-order valence-electron chi connectivity index (χ4n) is 1.60. The minimum Gasteiger partial charge on any atom is -0.476 e. The number of carbonyl (C=O) groups is 1. The lowest BCUT2D eigenvalue weighted by molar-refractivity contribution is 0.0686. The molecule has 0 aliphatic heterocycles. The predicted molar refractivity (Wildman–Crippen MR) is 58.7 cm³/mol. The Morgan fingerprint density at radius 1 is 1.18 bits per heavy atom. The van der Waals surface area contributed by atoms with Gasteiger partial charge in [0, 0.05) is 11.5 Å². The summed E-state index contributed by atoms with van der Waals surface area (Å²) in [6.45, 7) is 0. The van der Waals surface area contributed by atoms with Crippen molar-refractivity contribution in [2.75, 3.05) is 0 Å². The fourth-order valence-corrected chi connectivity index (χ4v) is 1.60. The molecule has 0 bridgehead atoms. The molecule has 0 saturated heterocycles. The molecular weight excluding hydrogens is 222 g/mol. The maximum atomic E-state index is 10.7. The molecule has 3 rings (SSSR count). The molecule has 84 valence electrons. The van der Waals surface area contributed by atoms with Gasteiger partial charge in [-0.05, 0) is 12.1 Å². The van der Waals surface area contributed by atoms with E-state index in [4.69, 9.17) is 14.0 Å². The molecule has 0 fully saturated rings. The van der Waals surface area contributed by atoms with Crippen LogP contribution in [0.4, 0.5) is 0 Å². The molecule has 5 nitrogen and oxygen atoms in total. The van der Waals surface area contributed by atoms with Crippen LogP contribution in [-0.2, 0) is 0 Å². The summed E-state index contributed by atoms with van der Waals surface area (Å²) in [5.74, 6) is -0.360. The minimum atomic E-state index is -1.13. The van der Waals surface area contributed by atoms with E-state index >= 15 is 0 Å². The molecule has 0 atom stereocenters. The van der Waals surface area contributed by atoms with Crippen LogP contribution in [0.5, 0.6) is 0 Å². The Hall–Kier alpha value is -2.56. The van der Waals surface area contributed by atoms with Crippen molar-refractivity contribution in [1.82, 2.24) is 5.16 Å². The molecule has 17 heavy (non-hydrogen) atoms. The van der Waals surface area contributed by atoms with Crippen molar-refractivity contribution in [2.45, 2.75) is 0 Å². The largest absolute Gasteiger partial charge is 0.476 e. The van der Waals surface area contributed by atoms with Crippen LogP contribution >= 0.6 is 0 Å². The highest BCUT2D eigenvalue weighted by Gasteiger charge is 2.15. The van der Waals surface area contributed by atoms with Crippen LogP contribution in [0.2, 0.25) is 0 Å². The van der Waals surface area contributed by atoms with Gasteiger partial charge in [0.15, 0.2) is 11.5 Å². The van der Waals surface area contributed by atoms with Gasteiger partial charge in [0.1, 0.15) is 5.58 Å². The SMILES string of the molecule is O=C(O)c1cc(-c2cc3ccccc3o2)on1. The van der Waals surface area contributed by atoms with Crippen molar-refractivity contribution in [3.8, 4) is 11.5 Å². The zero-order valence-electron chi connectivity index (χ0n) is 8.58. The Morgan fingerprint density at radius 3 is 2.71 bits per heavy atom. The molecule has 0 amide bonds. The van der Waals surface area contributed by atoms with Crippen molar-refractivity contribution in [3.63, 3.8) is 0 Å². The zero-order valence-corrected chi connectivity index (χ0v) is 8.58. The number of aromatic carboxylic acids is 1. The van der Waals surface area contributed by atoms with Crippen molar-refractivity contribution in [3.05, 3.63) is 42.1 Å². The van der Waals surface area contributed by atoms with Crippen LogP contribution < -0.4 is 0 Å². The van der Waals surface area contributed by atoms with E-state index in [1.54, 1.807) is 6.07 Å². The Balaban J connectivity index is 2.10. The highest BCUT2D eigenvalue weighted by Crippen LogP contribution is 2.27. The summed E-state index contributed by atoms with van der Waals surface area (Å²) in [7, 11) is 0. The summed E-state index contributed by atoms with van der Waals surface area (Å²) < 4.78 is 10.4. The summed E-state index contributed by atoms with van der Waals surface area (Å²) in [5, 5.41) is 13.1. The third kappa shape index (κ3) is 1.57. The van der Waals surface area contributed by atoms with E-state index in [-0.39, 0.29) is 5.69 Å². The Morgan fingerprint density at radius 2 is 2.00 bits per heavy atom. The molecule has 0 unspecified atom stereocenters. The van der Waals surface area contributed by atoms with Gasteiger partial charge >= 0.3 is 5.97 Å². The van der Waals surface area contributed by atoms with E-state index in [1.807, 2.05) is 24.3 Å². The monoisotopic (exact) mass is 229 g/mol. The molecule has 0 radical (unpaired) electrons. The van der Waals surface area contributed by atoms with E-state index < -0.39 is 5.97 Å². The maximum absolute atomic E-state index is 10.7. The first kappa shape index (κ1) is 9.65. The number of fused-ring (bicyclic) bond motifs is 1. The van der Waals surface area contributed by atoms with Gasteiger partial charge in [-0.3, -0.25) is 0 Å². The van der Waals surface area contributed by atoms with Gasteiger partial charge in [-0.15, -0.1) is 0 Å². The molecular formula is C12H7NO4. The first-order valence-electron chi connectivity index (χ1n) is 4.93. The van der Waals surface area contributed by atoms with Crippen LogP contribution in [0.15, 0.2) is 45.3 Å². The van der Waals surface area contributed by atoms with Gasteiger partial charge in [-0.1, -0.05) is 23.4 Å². The quantitative estimate of drug-likeness (QED) is 0.731. The average Bonchev–Trinajstić information content (AvgIpc) is 2.95. The lowest BCUT2D eigenvalue weighted by Gasteiger charge is -1.85. The second-order valence-electron chi connectivity index (χ2n) is 3.53. The van der Waals surface area contributed by atoms with Gasteiger partial charge in [-0.25, -0.2) is 4.79 Å². The van der Waals surface area contributed by atoms with E-state index in [2.05, 4.69) is 5.16 Å². The van der Waals surface area contributed by atoms with Gasteiger partial charge < -0.3 is 14.0 Å². The number of carboxylic acids is 1. The first-order chi connectivity index (χ1) is 8.24. The Bertz CT molecular complexity index is 662. The molecule has 2 aromatic heterocycles. The van der Waals surface area contributed by atoms with Gasteiger partial charge in [0.25, 0.3) is 0 Å². The third-order valence-corrected chi connectivity index (χ3v) is 2.40. The van der Waals surface area contributed by atoms with Gasteiger partial charge in [0.05, 0.1) is 0 Å². The molecule has 0 aliphatic carbocycles. The summed E-state index contributed by atoms with van der Waals surface area (Å²) >= 11 is 0. The highest BCUT2D eigenvalue weighted by atomic mass is 16.5. The normalized spacial score (nSPS) is 10.8. The van der Waals surface area contributed by atoms with Crippen LogP contribution in [0.3, 0.4) is 0 Å². The van der Waals surface area contributed by atoms with E-state index in [0.29, 0.717) is 11.5 Å². The third-order valence-electron chi connectivity index (χ3n) is 2.40. The van der Waals surface area contributed by atoms with Gasteiger partial charge in [0.2, 0.25) is 5.76 Å². The number of nitrogens with zero attached hydrogens (tertiary/aromatic N) is 1. The van der Waals surface area contributed by atoms with Crippen molar-refractivity contribution < 1.29 is 18.8 Å². The molecule has 1 aromatic carbocycles. The topological polar surface area (TPSA) is 76.5 Å². The van der Waals surface area contributed by atoms with Crippen LogP contribution in [0, 0.1) is 0 Å². The second kappa shape index (κ2) is 3.48. The Labute approximate surface area is 95.3 Å². The molecule has 0 aliphatic rings. The highest BCUT2D eigenvalue weighted by molar-refractivity contribution is 5.87. The lowest BCUT2D eigenvalue weighted by atomic mass is 10.2. The van der Waals surface area contributed by atoms with Crippen molar-refractivity contribution in [1.29, 1.82) is 0 Å². The number of furan rings is 1. The Kier molecular flexibility index (Phi) is 1.98.